The third-order valence-electron chi connectivity index (χ3n) is 3.95. The van der Waals surface area contributed by atoms with Crippen LogP contribution in [0.25, 0.3) is 0 Å². The van der Waals surface area contributed by atoms with Gasteiger partial charge in [-0.25, -0.2) is 4.79 Å². The van der Waals surface area contributed by atoms with Crippen LogP contribution in [0.15, 0.2) is 29.2 Å². The molecule has 0 atom stereocenters. The molecule has 7 heteroatoms. The number of hydrogen-bond donors (Lipinski definition) is 3. The molecule has 0 bridgehead atoms. The maximum atomic E-state index is 11.8. The molecule has 122 valence electrons. The molecule has 0 heterocycles. The van der Waals surface area contributed by atoms with Gasteiger partial charge in [-0.15, -0.1) is 0 Å². The first-order chi connectivity index (χ1) is 10.4. The average Bonchev–Trinajstić information content (AvgIpc) is 2.48. The lowest BCUT2D eigenvalue weighted by molar-refractivity contribution is 0.250. The number of carbonyl (C=O) groups is 1. The Morgan fingerprint density at radius 2 is 1.95 bits per heavy atom. The van der Waals surface area contributed by atoms with E-state index in [2.05, 4.69) is 10.6 Å². The zero-order valence-electron chi connectivity index (χ0n) is 12.4. The molecule has 22 heavy (non-hydrogen) atoms. The molecule has 1 saturated carbocycles. The van der Waals surface area contributed by atoms with Crippen molar-refractivity contribution in [1.82, 2.24) is 5.32 Å². The Kier molecular flexibility index (Phi) is 5.79. The molecule has 1 aromatic carbocycles. The van der Waals surface area contributed by atoms with E-state index in [1.165, 1.54) is 50.3 Å². The monoisotopic (exact) mass is 326 g/mol. The molecule has 0 radical (unpaired) electrons. The fourth-order valence-electron chi connectivity index (χ4n) is 2.78. The van der Waals surface area contributed by atoms with Crippen LogP contribution in [-0.2, 0) is 10.1 Å². The summed E-state index contributed by atoms with van der Waals surface area (Å²) in [6.07, 6.45) is 7.31. The highest BCUT2D eigenvalue weighted by molar-refractivity contribution is 7.85. The summed E-state index contributed by atoms with van der Waals surface area (Å²) in [5.74, 6) is 0.692. The normalized spacial score (nSPS) is 16.2. The third kappa shape index (κ3) is 5.31. The Bertz CT molecular complexity index is 610. The number of anilines is 1. The zero-order chi connectivity index (χ0) is 16.0. The fraction of sp³-hybridized carbons (Fsp3) is 0.533. The summed E-state index contributed by atoms with van der Waals surface area (Å²) in [5, 5.41) is 5.34. The van der Waals surface area contributed by atoms with Gasteiger partial charge in [0, 0.05) is 12.2 Å². The highest BCUT2D eigenvalue weighted by Gasteiger charge is 2.14. The number of benzene rings is 1. The number of urea groups is 1. The van der Waals surface area contributed by atoms with Crippen molar-refractivity contribution in [3.63, 3.8) is 0 Å². The minimum Gasteiger partial charge on any atom is -0.338 e. The van der Waals surface area contributed by atoms with Crippen LogP contribution in [0, 0.1) is 5.92 Å². The second-order valence-electron chi connectivity index (χ2n) is 5.68. The second kappa shape index (κ2) is 7.60. The largest absolute Gasteiger partial charge is 0.338 e. The van der Waals surface area contributed by atoms with Gasteiger partial charge in [0.25, 0.3) is 10.1 Å². The van der Waals surface area contributed by atoms with E-state index in [1.54, 1.807) is 6.07 Å². The standard InChI is InChI=1S/C15H22N2O4S/c18-15(16-10-9-12-5-2-1-3-6-12)17-13-7-4-8-14(11-13)22(19,20)21/h4,7-8,11-12H,1-3,5-6,9-10H2,(H2,16,17,18)(H,19,20,21). The van der Waals surface area contributed by atoms with Gasteiger partial charge in [-0.2, -0.15) is 8.42 Å². The van der Waals surface area contributed by atoms with Crippen molar-refractivity contribution in [2.24, 2.45) is 5.92 Å². The van der Waals surface area contributed by atoms with Gasteiger partial charge < -0.3 is 10.6 Å². The van der Waals surface area contributed by atoms with Crippen molar-refractivity contribution in [3.8, 4) is 0 Å². The molecule has 0 aromatic heterocycles. The van der Waals surface area contributed by atoms with Gasteiger partial charge in [0.05, 0.1) is 4.90 Å². The van der Waals surface area contributed by atoms with E-state index in [0.717, 1.165) is 6.42 Å². The fourth-order valence-corrected chi connectivity index (χ4v) is 3.30. The van der Waals surface area contributed by atoms with Gasteiger partial charge in [0.1, 0.15) is 0 Å². The minimum absolute atomic E-state index is 0.243. The molecular formula is C15H22N2O4S. The van der Waals surface area contributed by atoms with E-state index in [4.69, 9.17) is 4.55 Å². The van der Waals surface area contributed by atoms with Crippen LogP contribution in [0.5, 0.6) is 0 Å². The average molecular weight is 326 g/mol. The van der Waals surface area contributed by atoms with Crippen LogP contribution < -0.4 is 10.6 Å². The number of hydrogen-bond acceptors (Lipinski definition) is 3. The zero-order valence-corrected chi connectivity index (χ0v) is 13.2. The molecule has 3 N–H and O–H groups in total. The molecule has 2 amide bonds. The van der Waals surface area contributed by atoms with Gasteiger partial charge in [-0.1, -0.05) is 38.2 Å². The molecule has 0 spiro atoms. The molecule has 0 unspecified atom stereocenters. The quantitative estimate of drug-likeness (QED) is 0.725. The first-order valence-corrected chi connectivity index (χ1v) is 9.01. The minimum atomic E-state index is -4.26. The summed E-state index contributed by atoms with van der Waals surface area (Å²) in [6, 6.07) is 5.14. The molecule has 1 aliphatic rings. The Hall–Kier alpha value is -1.60. The Morgan fingerprint density at radius 3 is 2.64 bits per heavy atom. The Balaban J connectivity index is 1.79. The third-order valence-corrected chi connectivity index (χ3v) is 4.80. The Morgan fingerprint density at radius 1 is 1.23 bits per heavy atom. The van der Waals surface area contributed by atoms with Crippen molar-refractivity contribution >= 4 is 21.8 Å². The SMILES string of the molecule is O=C(NCCC1CCCCC1)Nc1cccc(S(=O)(=O)O)c1. The van der Waals surface area contributed by atoms with Crippen molar-refractivity contribution in [2.45, 2.75) is 43.4 Å². The second-order valence-corrected chi connectivity index (χ2v) is 7.10. The van der Waals surface area contributed by atoms with E-state index >= 15 is 0 Å². The van der Waals surface area contributed by atoms with Crippen LogP contribution in [0.2, 0.25) is 0 Å². The van der Waals surface area contributed by atoms with Gasteiger partial charge in [0.2, 0.25) is 0 Å². The van der Waals surface area contributed by atoms with E-state index in [0.29, 0.717) is 18.2 Å². The van der Waals surface area contributed by atoms with Crippen LogP contribution in [0.3, 0.4) is 0 Å². The Labute approximate surface area is 131 Å². The molecule has 2 rings (SSSR count). The van der Waals surface area contributed by atoms with Crippen molar-refractivity contribution in [3.05, 3.63) is 24.3 Å². The van der Waals surface area contributed by atoms with Gasteiger partial charge in [0.15, 0.2) is 0 Å². The lowest BCUT2D eigenvalue weighted by atomic mass is 9.87. The van der Waals surface area contributed by atoms with Crippen LogP contribution in [-0.4, -0.2) is 25.5 Å². The van der Waals surface area contributed by atoms with Crippen molar-refractivity contribution in [2.75, 3.05) is 11.9 Å². The molecule has 1 aromatic rings. The van der Waals surface area contributed by atoms with E-state index in [1.807, 2.05) is 0 Å². The summed E-state index contributed by atoms with van der Waals surface area (Å²) in [5.41, 5.74) is 0.324. The topological polar surface area (TPSA) is 95.5 Å². The number of amides is 2. The van der Waals surface area contributed by atoms with Gasteiger partial charge in [-0.05, 0) is 30.5 Å². The molecule has 0 saturated heterocycles. The lowest BCUT2D eigenvalue weighted by Crippen LogP contribution is -2.30. The molecule has 6 nitrogen and oxygen atoms in total. The van der Waals surface area contributed by atoms with Crippen molar-refractivity contribution < 1.29 is 17.8 Å². The van der Waals surface area contributed by atoms with E-state index < -0.39 is 10.1 Å². The summed E-state index contributed by atoms with van der Waals surface area (Å²) < 4.78 is 31.1. The first kappa shape index (κ1) is 16.8. The maximum absolute atomic E-state index is 11.8. The summed E-state index contributed by atoms with van der Waals surface area (Å²) in [4.78, 5) is 11.5. The van der Waals surface area contributed by atoms with Crippen LogP contribution in [0.4, 0.5) is 10.5 Å². The smallest absolute Gasteiger partial charge is 0.319 e. The predicted molar refractivity (Wildman–Crippen MR) is 84.5 cm³/mol. The van der Waals surface area contributed by atoms with Gasteiger partial charge >= 0.3 is 6.03 Å². The molecule has 0 aliphatic heterocycles. The molecule has 1 fully saturated rings. The summed E-state index contributed by atoms with van der Waals surface area (Å²) >= 11 is 0. The lowest BCUT2D eigenvalue weighted by Gasteiger charge is -2.21. The predicted octanol–water partition coefficient (Wildman–Crippen LogP) is 3.03. The van der Waals surface area contributed by atoms with Crippen LogP contribution >= 0.6 is 0 Å². The summed E-state index contributed by atoms with van der Waals surface area (Å²) in [6.45, 7) is 0.606. The van der Waals surface area contributed by atoms with E-state index in [-0.39, 0.29) is 10.9 Å². The maximum Gasteiger partial charge on any atom is 0.319 e. The number of carbonyl (C=O) groups excluding carboxylic acids is 1. The number of nitrogens with one attached hydrogen (secondary N) is 2. The van der Waals surface area contributed by atoms with E-state index in [9.17, 15) is 13.2 Å². The highest BCUT2D eigenvalue weighted by Crippen LogP contribution is 2.25. The van der Waals surface area contributed by atoms with Gasteiger partial charge in [-0.3, -0.25) is 4.55 Å². The summed E-state index contributed by atoms with van der Waals surface area (Å²) in [7, 11) is -4.26. The molecule has 1 aliphatic carbocycles. The van der Waals surface area contributed by atoms with Crippen LogP contribution in [0.1, 0.15) is 38.5 Å². The van der Waals surface area contributed by atoms with Crippen molar-refractivity contribution in [1.29, 1.82) is 0 Å². The first-order valence-electron chi connectivity index (χ1n) is 7.57. The highest BCUT2D eigenvalue weighted by atomic mass is 32.2. The molecular weight excluding hydrogens is 304 g/mol. The number of rotatable bonds is 5.